The summed E-state index contributed by atoms with van der Waals surface area (Å²) < 4.78 is 4.18. The molecular weight excluding hydrogens is 370 g/mol. The predicted octanol–water partition coefficient (Wildman–Crippen LogP) is 3.47. The maximum absolute atomic E-state index is 12.4. The molecule has 0 bridgehead atoms. The van der Waals surface area contributed by atoms with Crippen LogP contribution in [0, 0.1) is 6.92 Å². The first-order valence-electron chi connectivity index (χ1n) is 7.68. The zero-order valence-corrected chi connectivity index (χ0v) is 15.1. The molecule has 0 radical (unpaired) electrons. The summed E-state index contributed by atoms with van der Waals surface area (Å²) in [4.78, 5) is 12.4. The molecule has 3 aromatic rings. The zero-order valence-electron chi connectivity index (χ0n) is 13.5. The molecule has 3 rings (SSSR count). The minimum absolute atomic E-state index is 0.226. The molecule has 1 N–H and O–H groups in total. The Balaban J connectivity index is 1.74. The lowest BCUT2D eigenvalue weighted by Crippen LogP contribution is -2.18. The van der Waals surface area contributed by atoms with Crippen LogP contribution < -0.4 is 5.32 Å². The third kappa shape index (κ3) is 3.56. The highest BCUT2D eigenvalue weighted by atomic mass is 79.9. The van der Waals surface area contributed by atoms with E-state index in [2.05, 4.69) is 62.6 Å². The molecule has 0 atom stereocenters. The third-order valence-electron chi connectivity index (χ3n) is 3.66. The number of halogens is 1. The first kappa shape index (κ1) is 16.4. The Morgan fingerprint density at radius 1 is 1.25 bits per heavy atom. The number of amides is 1. The number of aromatic nitrogens is 4. The van der Waals surface area contributed by atoms with Crippen molar-refractivity contribution in [2.24, 2.45) is 0 Å². The fourth-order valence-electron chi connectivity index (χ4n) is 2.39. The smallest absolute Gasteiger partial charge is 0.275 e. The third-order valence-corrected chi connectivity index (χ3v) is 4.24. The van der Waals surface area contributed by atoms with E-state index in [1.165, 1.54) is 5.56 Å². The van der Waals surface area contributed by atoms with Gasteiger partial charge in [0.2, 0.25) is 0 Å². The highest BCUT2D eigenvalue weighted by Crippen LogP contribution is 2.21. The van der Waals surface area contributed by atoms with Crippen molar-refractivity contribution in [2.75, 3.05) is 5.32 Å². The van der Waals surface area contributed by atoms with E-state index in [1.54, 1.807) is 21.6 Å². The molecule has 2 heterocycles. The number of aryl methyl sites for hydroxylation is 2. The van der Waals surface area contributed by atoms with Crippen molar-refractivity contribution in [3.05, 3.63) is 64.0 Å². The summed E-state index contributed by atoms with van der Waals surface area (Å²) in [5, 5.41) is 11.4. The average molecular weight is 388 g/mol. The second kappa shape index (κ2) is 7.00. The normalized spacial score (nSPS) is 10.8. The minimum Gasteiger partial charge on any atom is -0.303 e. The Morgan fingerprint density at radius 2 is 2.00 bits per heavy atom. The van der Waals surface area contributed by atoms with E-state index in [-0.39, 0.29) is 5.91 Å². The van der Waals surface area contributed by atoms with Crippen LogP contribution >= 0.6 is 15.9 Å². The van der Waals surface area contributed by atoms with E-state index in [0.29, 0.717) is 24.6 Å². The van der Waals surface area contributed by atoms with Crippen molar-refractivity contribution >= 4 is 27.7 Å². The summed E-state index contributed by atoms with van der Waals surface area (Å²) in [6, 6.07) is 9.98. The number of nitrogens with zero attached hydrogens (tertiary/aromatic N) is 4. The molecular formula is C17H18BrN5O. The van der Waals surface area contributed by atoms with Gasteiger partial charge >= 0.3 is 0 Å². The molecule has 24 heavy (non-hydrogen) atoms. The molecule has 0 saturated heterocycles. The van der Waals surface area contributed by atoms with Gasteiger partial charge in [0.15, 0.2) is 5.82 Å². The van der Waals surface area contributed by atoms with Crippen LogP contribution in [-0.2, 0) is 13.1 Å². The summed E-state index contributed by atoms with van der Waals surface area (Å²) in [6.45, 7) is 5.28. The molecule has 0 saturated carbocycles. The molecule has 2 aromatic heterocycles. The summed E-state index contributed by atoms with van der Waals surface area (Å²) >= 11 is 3.45. The lowest BCUT2D eigenvalue weighted by molar-refractivity contribution is 0.101. The first-order chi connectivity index (χ1) is 11.6. The number of hydrogen-bond acceptors (Lipinski definition) is 3. The van der Waals surface area contributed by atoms with Crippen molar-refractivity contribution in [3.63, 3.8) is 0 Å². The van der Waals surface area contributed by atoms with E-state index in [4.69, 9.17) is 0 Å². The van der Waals surface area contributed by atoms with Gasteiger partial charge in [0.05, 0.1) is 11.0 Å². The van der Waals surface area contributed by atoms with Crippen molar-refractivity contribution in [2.45, 2.75) is 26.9 Å². The van der Waals surface area contributed by atoms with E-state index >= 15 is 0 Å². The standard InChI is InChI=1S/C17H18BrN5O/c1-3-23-15(8-9-19-23)17(24)20-16-14(18)11-22(21-16)10-13-6-4-12(2)5-7-13/h4-9,11H,3,10H2,1-2H3,(H,20,21,24). The summed E-state index contributed by atoms with van der Waals surface area (Å²) in [6.07, 6.45) is 3.47. The van der Waals surface area contributed by atoms with Crippen molar-refractivity contribution in [1.82, 2.24) is 19.6 Å². The lowest BCUT2D eigenvalue weighted by Gasteiger charge is -2.05. The second-order valence-electron chi connectivity index (χ2n) is 5.50. The maximum atomic E-state index is 12.4. The topological polar surface area (TPSA) is 64.7 Å². The number of anilines is 1. The molecule has 124 valence electrons. The highest BCUT2D eigenvalue weighted by molar-refractivity contribution is 9.10. The molecule has 0 fully saturated rings. The van der Waals surface area contributed by atoms with Crippen LogP contribution in [0.1, 0.15) is 28.5 Å². The molecule has 1 amide bonds. The van der Waals surface area contributed by atoms with Gasteiger partial charge in [-0.2, -0.15) is 10.2 Å². The fourth-order valence-corrected chi connectivity index (χ4v) is 2.81. The van der Waals surface area contributed by atoms with E-state index in [9.17, 15) is 4.79 Å². The number of carbonyl (C=O) groups is 1. The quantitative estimate of drug-likeness (QED) is 0.728. The van der Waals surface area contributed by atoms with Gasteiger partial charge in [0.1, 0.15) is 5.69 Å². The summed E-state index contributed by atoms with van der Waals surface area (Å²) in [5.41, 5.74) is 2.89. The molecule has 6 nitrogen and oxygen atoms in total. The van der Waals surface area contributed by atoms with Crippen LogP contribution in [0.25, 0.3) is 0 Å². The van der Waals surface area contributed by atoms with Crippen LogP contribution in [0.4, 0.5) is 5.82 Å². The molecule has 7 heteroatoms. The fraction of sp³-hybridized carbons (Fsp3) is 0.235. The summed E-state index contributed by atoms with van der Waals surface area (Å²) in [5.74, 6) is 0.270. The maximum Gasteiger partial charge on any atom is 0.275 e. The van der Waals surface area contributed by atoms with Gasteiger partial charge < -0.3 is 5.32 Å². The van der Waals surface area contributed by atoms with Crippen molar-refractivity contribution in [3.8, 4) is 0 Å². The van der Waals surface area contributed by atoms with Crippen LogP contribution in [0.2, 0.25) is 0 Å². The summed E-state index contributed by atoms with van der Waals surface area (Å²) in [7, 11) is 0. The monoisotopic (exact) mass is 387 g/mol. The second-order valence-corrected chi connectivity index (χ2v) is 6.35. The van der Waals surface area contributed by atoms with Gasteiger partial charge in [-0.3, -0.25) is 14.2 Å². The number of carbonyl (C=O) groups excluding carboxylic acids is 1. The molecule has 0 aliphatic rings. The van der Waals surface area contributed by atoms with Crippen molar-refractivity contribution < 1.29 is 4.79 Å². The molecule has 0 unspecified atom stereocenters. The SMILES string of the molecule is CCn1nccc1C(=O)Nc1nn(Cc2ccc(C)cc2)cc1Br. The highest BCUT2D eigenvalue weighted by Gasteiger charge is 2.15. The predicted molar refractivity (Wildman–Crippen MR) is 96.1 cm³/mol. The number of rotatable bonds is 5. The van der Waals surface area contributed by atoms with Gasteiger partial charge in [-0.25, -0.2) is 0 Å². The largest absolute Gasteiger partial charge is 0.303 e. The lowest BCUT2D eigenvalue weighted by atomic mass is 10.1. The number of benzene rings is 1. The van der Waals surface area contributed by atoms with E-state index in [1.807, 2.05) is 13.1 Å². The Bertz CT molecular complexity index is 850. The Kier molecular flexibility index (Phi) is 4.80. The van der Waals surface area contributed by atoms with Crippen LogP contribution in [0.15, 0.2) is 47.2 Å². The Labute approximate surface area is 148 Å². The van der Waals surface area contributed by atoms with Crippen LogP contribution in [-0.4, -0.2) is 25.5 Å². The van der Waals surface area contributed by atoms with Gasteiger partial charge in [-0.15, -0.1) is 0 Å². The first-order valence-corrected chi connectivity index (χ1v) is 8.47. The van der Waals surface area contributed by atoms with Gasteiger partial charge in [-0.05, 0) is 41.4 Å². The van der Waals surface area contributed by atoms with Crippen LogP contribution in [0.5, 0.6) is 0 Å². The Morgan fingerprint density at radius 3 is 2.71 bits per heavy atom. The van der Waals surface area contributed by atoms with Gasteiger partial charge in [0, 0.05) is 18.9 Å². The zero-order chi connectivity index (χ0) is 17.1. The molecule has 0 spiro atoms. The van der Waals surface area contributed by atoms with E-state index in [0.717, 1.165) is 10.0 Å². The van der Waals surface area contributed by atoms with Gasteiger partial charge in [-0.1, -0.05) is 29.8 Å². The van der Waals surface area contributed by atoms with E-state index < -0.39 is 0 Å². The molecule has 0 aliphatic heterocycles. The minimum atomic E-state index is -0.226. The van der Waals surface area contributed by atoms with Crippen LogP contribution in [0.3, 0.4) is 0 Å². The van der Waals surface area contributed by atoms with Gasteiger partial charge in [0.25, 0.3) is 5.91 Å². The average Bonchev–Trinajstić information content (AvgIpc) is 3.16. The molecule has 0 aliphatic carbocycles. The Hall–Kier alpha value is -2.41. The van der Waals surface area contributed by atoms with Crippen molar-refractivity contribution in [1.29, 1.82) is 0 Å². The number of hydrogen-bond donors (Lipinski definition) is 1. The molecule has 1 aromatic carbocycles. The number of nitrogens with one attached hydrogen (secondary N) is 1.